The van der Waals surface area contributed by atoms with Gasteiger partial charge in [-0.1, -0.05) is 31.2 Å². The number of amides is 2. The maximum Gasteiger partial charge on any atom is 0.256 e. The quantitative estimate of drug-likeness (QED) is 0.710. The Morgan fingerprint density at radius 3 is 2.20 bits per heavy atom. The van der Waals surface area contributed by atoms with Gasteiger partial charge in [0.1, 0.15) is 5.82 Å². The largest absolute Gasteiger partial charge is 0.335 e. The molecule has 0 aliphatic heterocycles. The summed E-state index contributed by atoms with van der Waals surface area (Å²) in [5.74, 6) is -0.579. The summed E-state index contributed by atoms with van der Waals surface area (Å²) in [4.78, 5) is 29.3. The lowest BCUT2D eigenvalue weighted by atomic mass is 10.1. The second-order valence-electron chi connectivity index (χ2n) is 8.37. The second kappa shape index (κ2) is 9.39. The van der Waals surface area contributed by atoms with Gasteiger partial charge in [0.2, 0.25) is 5.91 Å². The van der Waals surface area contributed by atoms with Gasteiger partial charge >= 0.3 is 0 Å². The molecule has 2 amide bonds. The molecular weight excluding hydrogens is 381 g/mol. The standard InChI is InChI=1S/C24H30FN3O2/c1-5-28(15-18-8-6-17(7-9-18)14-27(3)4)24(30)21-13-19(25)10-11-22(21)26-23(29)20-12-16(20)2/h6-11,13,16,20H,5,12,14-15H2,1-4H3,(H,26,29). The van der Waals surface area contributed by atoms with Gasteiger partial charge in [0.05, 0.1) is 11.3 Å². The van der Waals surface area contributed by atoms with Crippen LogP contribution in [0.25, 0.3) is 0 Å². The molecule has 30 heavy (non-hydrogen) atoms. The van der Waals surface area contributed by atoms with Crippen molar-refractivity contribution >= 4 is 17.5 Å². The van der Waals surface area contributed by atoms with E-state index in [1.165, 1.54) is 23.8 Å². The van der Waals surface area contributed by atoms with Crippen molar-refractivity contribution in [2.24, 2.45) is 11.8 Å². The van der Waals surface area contributed by atoms with Crippen LogP contribution >= 0.6 is 0 Å². The Kier molecular flexibility index (Phi) is 6.87. The summed E-state index contributed by atoms with van der Waals surface area (Å²) < 4.78 is 13.9. The highest BCUT2D eigenvalue weighted by Gasteiger charge is 2.39. The molecule has 2 aromatic rings. The number of nitrogens with zero attached hydrogens (tertiary/aromatic N) is 2. The Hall–Kier alpha value is -2.73. The van der Waals surface area contributed by atoms with E-state index in [1.54, 1.807) is 4.90 Å². The van der Waals surface area contributed by atoms with E-state index in [9.17, 15) is 14.0 Å². The molecule has 0 radical (unpaired) electrons. The highest BCUT2D eigenvalue weighted by molar-refractivity contribution is 6.04. The highest BCUT2D eigenvalue weighted by Crippen LogP contribution is 2.38. The van der Waals surface area contributed by atoms with Crippen LogP contribution in [0, 0.1) is 17.7 Å². The van der Waals surface area contributed by atoms with Crippen LogP contribution in [0.15, 0.2) is 42.5 Å². The van der Waals surface area contributed by atoms with Gasteiger partial charge in [0.25, 0.3) is 5.91 Å². The van der Waals surface area contributed by atoms with Gasteiger partial charge in [-0.05, 0) is 62.7 Å². The minimum Gasteiger partial charge on any atom is -0.335 e. The van der Waals surface area contributed by atoms with Crippen molar-refractivity contribution in [2.75, 3.05) is 26.0 Å². The van der Waals surface area contributed by atoms with E-state index in [4.69, 9.17) is 0 Å². The van der Waals surface area contributed by atoms with Gasteiger partial charge in [0, 0.05) is 25.6 Å². The molecule has 0 aromatic heterocycles. The predicted molar refractivity (Wildman–Crippen MR) is 117 cm³/mol. The minimum atomic E-state index is -0.500. The van der Waals surface area contributed by atoms with Gasteiger partial charge < -0.3 is 15.1 Å². The summed E-state index contributed by atoms with van der Waals surface area (Å²) in [7, 11) is 4.04. The molecule has 5 nitrogen and oxygen atoms in total. The first kappa shape index (κ1) is 22.0. The molecule has 1 saturated carbocycles. The first-order valence-corrected chi connectivity index (χ1v) is 10.4. The number of carbonyl (C=O) groups excluding carboxylic acids is 2. The van der Waals surface area contributed by atoms with Crippen molar-refractivity contribution in [3.05, 3.63) is 65.0 Å². The van der Waals surface area contributed by atoms with Crippen molar-refractivity contribution in [2.45, 2.75) is 33.4 Å². The van der Waals surface area contributed by atoms with Crippen molar-refractivity contribution in [3.8, 4) is 0 Å². The summed E-state index contributed by atoms with van der Waals surface area (Å²) in [5.41, 5.74) is 2.75. The monoisotopic (exact) mass is 411 g/mol. The summed E-state index contributed by atoms with van der Waals surface area (Å²) in [6.07, 6.45) is 0.848. The zero-order valence-electron chi connectivity index (χ0n) is 18.1. The molecule has 1 N–H and O–H groups in total. The average Bonchev–Trinajstić information content (AvgIpc) is 3.44. The third kappa shape index (κ3) is 5.45. The molecular formula is C24H30FN3O2. The van der Waals surface area contributed by atoms with Crippen molar-refractivity contribution in [1.29, 1.82) is 0 Å². The van der Waals surface area contributed by atoms with Crippen molar-refractivity contribution in [1.82, 2.24) is 9.80 Å². The molecule has 0 saturated heterocycles. The summed E-state index contributed by atoms with van der Waals surface area (Å²) in [5, 5.41) is 2.82. The summed E-state index contributed by atoms with van der Waals surface area (Å²) >= 11 is 0. The van der Waals surface area contributed by atoms with Crippen LogP contribution in [0.4, 0.5) is 10.1 Å². The lowest BCUT2D eigenvalue weighted by molar-refractivity contribution is -0.117. The van der Waals surface area contributed by atoms with Crippen molar-refractivity contribution < 1.29 is 14.0 Å². The van der Waals surface area contributed by atoms with Crippen LogP contribution in [0.3, 0.4) is 0 Å². The second-order valence-corrected chi connectivity index (χ2v) is 8.37. The SMILES string of the molecule is CCN(Cc1ccc(CN(C)C)cc1)C(=O)c1cc(F)ccc1NC(=O)C1CC1C. The summed E-state index contributed by atoms with van der Waals surface area (Å²) in [6, 6.07) is 12.1. The molecule has 2 atom stereocenters. The number of hydrogen-bond acceptors (Lipinski definition) is 3. The molecule has 1 aliphatic rings. The van der Waals surface area contributed by atoms with Gasteiger partial charge in [-0.15, -0.1) is 0 Å². The van der Waals surface area contributed by atoms with E-state index in [0.29, 0.717) is 24.7 Å². The molecule has 160 valence electrons. The van der Waals surface area contributed by atoms with Crippen LogP contribution in [-0.2, 0) is 17.9 Å². The first-order chi connectivity index (χ1) is 14.3. The van der Waals surface area contributed by atoms with Gasteiger partial charge in [0.15, 0.2) is 0 Å². The number of hydrogen-bond donors (Lipinski definition) is 1. The number of anilines is 1. The Balaban J connectivity index is 1.76. The van der Waals surface area contributed by atoms with Gasteiger partial charge in [-0.25, -0.2) is 4.39 Å². The fourth-order valence-corrected chi connectivity index (χ4v) is 3.55. The van der Waals surface area contributed by atoms with Crippen LogP contribution in [0.5, 0.6) is 0 Å². The van der Waals surface area contributed by atoms with Crippen molar-refractivity contribution in [3.63, 3.8) is 0 Å². The fraction of sp³-hybridized carbons (Fsp3) is 0.417. The highest BCUT2D eigenvalue weighted by atomic mass is 19.1. The third-order valence-corrected chi connectivity index (χ3v) is 5.48. The van der Waals surface area contributed by atoms with Crippen LogP contribution in [0.1, 0.15) is 41.8 Å². The number of nitrogens with one attached hydrogen (secondary N) is 1. The van der Waals surface area contributed by atoms with Gasteiger partial charge in [-0.3, -0.25) is 9.59 Å². The Morgan fingerprint density at radius 2 is 1.67 bits per heavy atom. The van der Waals surface area contributed by atoms with Crippen LogP contribution < -0.4 is 5.32 Å². The zero-order valence-corrected chi connectivity index (χ0v) is 18.1. The lowest BCUT2D eigenvalue weighted by Gasteiger charge is -2.23. The molecule has 6 heteroatoms. The minimum absolute atomic E-state index is 0.0269. The zero-order chi connectivity index (χ0) is 21.8. The molecule has 0 heterocycles. The predicted octanol–water partition coefficient (Wildman–Crippen LogP) is 4.14. The molecule has 1 aliphatic carbocycles. The number of carbonyl (C=O) groups is 2. The molecule has 2 aromatic carbocycles. The van der Waals surface area contributed by atoms with E-state index < -0.39 is 5.82 Å². The number of rotatable bonds is 8. The molecule has 2 unspecified atom stereocenters. The van der Waals surface area contributed by atoms with E-state index in [-0.39, 0.29) is 23.3 Å². The average molecular weight is 412 g/mol. The smallest absolute Gasteiger partial charge is 0.256 e. The normalized spacial score (nSPS) is 17.7. The molecule has 3 rings (SSSR count). The first-order valence-electron chi connectivity index (χ1n) is 10.4. The van der Waals surface area contributed by atoms with Gasteiger partial charge in [-0.2, -0.15) is 0 Å². The number of halogens is 1. The number of benzene rings is 2. The Labute approximate surface area is 177 Å². The van der Waals surface area contributed by atoms with E-state index in [1.807, 2.05) is 40.1 Å². The molecule has 0 bridgehead atoms. The summed E-state index contributed by atoms with van der Waals surface area (Å²) in [6.45, 7) is 5.65. The lowest BCUT2D eigenvalue weighted by Crippen LogP contribution is -2.31. The molecule has 0 spiro atoms. The van der Waals surface area contributed by atoms with E-state index >= 15 is 0 Å². The Morgan fingerprint density at radius 1 is 1.07 bits per heavy atom. The van der Waals surface area contributed by atoms with Crippen LogP contribution in [-0.4, -0.2) is 42.3 Å². The third-order valence-electron chi connectivity index (χ3n) is 5.48. The molecule has 1 fully saturated rings. The topological polar surface area (TPSA) is 52.6 Å². The maximum atomic E-state index is 13.9. The van der Waals surface area contributed by atoms with E-state index in [0.717, 1.165) is 18.5 Å². The van der Waals surface area contributed by atoms with Crippen LogP contribution in [0.2, 0.25) is 0 Å². The Bertz CT molecular complexity index is 911. The fourth-order valence-electron chi connectivity index (χ4n) is 3.55. The van der Waals surface area contributed by atoms with E-state index in [2.05, 4.69) is 22.3 Å². The maximum absolute atomic E-state index is 13.9.